The SMILES string of the molecule is NCc1cnc(CC2CCOC2)nc1C1CC1. The van der Waals surface area contributed by atoms with Gasteiger partial charge in [-0.05, 0) is 25.2 Å². The summed E-state index contributed by atoms with van der Waals surface area (Å²) in [6.07, 6.45) is 6.53. The fourth-order valence-corrected chi connectivity index (χ4v) is 2.43. The summed E-state index contributed by atoms with van der Waals surface area (Å²) in [5.74, 6) is 2.22. The molecule has 2 fully saturated rings. The third-order valence-corrected chi connectivity index (χ3v) is 3.63. The fourth-order valence-electron chi connectivity index (χ4n) is 2.43. The number of hydrogen-bond donors (Lipinski definition) is 1. The molecule has 1 saturated heterocycles. The molecule has 1 saturated carbocycles. The van der Waals surface area contributed by atoms with Crippen LogP contribution in [-0.2, 0) is 17.7 Å². The van der Waals surface area contributed by atoms with E-state index in [1.807, 2.05) is 6.20 Å². The summed E-state index contributed by atoms with van der Waals surface area (Å²) in [5.41, 5.74) is 8.06. The van der Waals surface area contributed by atoms with Crippen molar-refractivity contribution in [1.29, 1.82) is 0 Å². The molecule has 1 aliphatic carbocycles. The normalized spacial score (nSPS) is 24.2. The van der Waals surface area contributed by atoms with Gasteiger partial charge in [0.05, 0.1) is 5.69 Å². The standard InChI is InChI=1S/C13H19N3O/c14-6-11-7-15-12(5-9-3-4-17-8-9)16-13(11)10-1-2-10/h7,9-10H,1-6,8,14H2. The van der Waals surface area contributed by atoms with Crippen molar-refractivity contribution in [3.8, 4) is 0 Å². The molecule has 2 heterocycles. The number of hydrogen-bond acceptors (Lipinski definition) is 4. The monoisotopic (exact) mass is 233 g/mol. The molecule has 1 aromatic heterocycles. The second-order valence-electron chi connectivity index (χ2n) is 5.11. The molecule has 0 bridgehead atoms. The molecule has 1 aromatic rings. The molecule has 1 atom stereocenters. The lowest BCUT2D eigenvalue weighted by Gasteiger charge is -2.10. The van der Waals surface area contributed by atoms with Gasteiger partial charge in [0.25, 0.3) is 0 Å². The van der Waals surface area contributed by atoms with E-state index in [-0.39, 0.29) is 0 Å². The van der Waals surface area contributed by atoms with E-state index >= 15 is 0 Å². The minimum atomic E-state index is 0.554. The van der Waals surface area contributed by atoms with Crippen LogP contribution in [0.4, 0.5) is 0 Å². The largest absolute Gasteiger partial charge is 0.381 e. The Labute approximate surface area is 102 Å². The molecule has 4 nitrogen and oxygen atoms in total. The molecule has 0 aromatic carbocycles. The molecular weight excluding hydrogens is 214 g/mol. The minimum Gasteiger partial charge on any atom is -0.381 e. The lowest BCUT2D eigenvalue weighted by atomic mass is 10.0. The van der Waals surface area contributed by atoms with Crippen LogP contribution in [-0.4, -0.2) is 23.2 Å². The van der Waals surface area contributed by atoms with Gasteiger partial charge < -0.3 is 10.5 Å². The van der Waals surface area contributed by atoms with E-state index < -0.39 is 0 Å². The summed E-state index contributed by atoms with van der Waals surface area (Å²) in [4.78, 5) is 9.16. The molecule has 92 valence electrons. The Morgan fingerprint density at radius 1 is 1.35 bits per heavy atom. The molecule has 0 amide bonds. The first kappa shape index (κ1) is 11.1. The maximum absolute atomic E-state index is 5.73. The van der Waals surface area contributed by atoms with E-state index in [0.717, 1.165) is 37.4 Å². The van der Waals surface area contributed by atoms with E-state index in [2.05, 4.69) is 4.98 Å². The van der Waals surface area contributed by atoms with Crippen LogP contribution in [0.25, 0.3) is 0 Å². The fraction of sp³-hybridized carbons (Fsp3) is 0.692. The van der Waals surface area contributed by atoms with Gasteiger partial charge in [0.1, 0.15) is 5.82 Å². The van der Waals surface area contributed by atoms with E-state index in [0.29, 0.717) is 18.4 Å². The van der Waals surface area contributed by atoms with E-state index in [1.54, 1.807) is 0 Å². The maximum Gasteiger partial charge on any atom is 0.128 e. The molecule has 1 unspecified atom stereocenters. The molecule has 0 radical (unpaired) electrons. The second kappa shape index (κ2) is 4.70. The number of nitrogens with zero attached hydrogens (tertiary/aromatic N) is 2. The molecule has 4 heteroatoms. The third kappa shape index (κ3) is 2.48. The molecular formula is C13H19N3O. The Hall–Kier alpha value is -1.00. The average Bonchev–Trinajstić information content (AvgIpc) is 3.08. The first-order chi connectivity index (χ1) is 8.36. The highest BCUT2D eigenvalue weighted by molar-refractivity contribution is 5.25. The van der Waals surface area contributed by atoms with Crippen molar-refractivity contribution in [2.24, 2.45) is 11.7 Å². The van der Waals surface area contributed by atoms with Crippen molar-refractivity contribution in [2.75, 3.05) is 13.2 Å². The summed E-state index contributed by atoms with van der Waals surface area (Å²) >= 11 is 0. The molecule has 2 aliphatic rings. The zero-order valence-electron chi connectivity index (χ0n) is 10.1. The second-order valence-corrected chi connectivity index (χ2v) is 5.11. The van der Waals surface area contributed by atoms with Gasteiger partial charge in [-0.3, -0.25) is 0 Å². The first-order valence-electron chi connectivity index (χ1n) is 6.49. The first-order valence-corrected chi connectivity index (χ1v) is 6.49. The summed E-state index contributed by atoms with van der Waals surface area (Å²) in [6, 6.07) is 0. The van der Waals surface area contributed by atoms with Crippen LogP contribution in [0.3, 0.4) is 0 Å². The Bertz CT molecular complexity index is 398. The number of aromatic nitrogens is 2. The topological polar surface area (TPSA) is 61.0 Å². The highest BCUT2D eigenvalue weighted by atomic mass is 16.5. The average molecular weight is 233 g/mol. The summed E-state index contributed by atoms with van der Waals surface area (Å²) in [5, 5.41) is 0. The van der Waals surface area contributed by atoms with Crippen LogP contribution in [0, 0.1) is 5.92 Å². The molecule has 2 N–H and O–H groups in total. The van der Waals surface area contributed by atoms with Gasteiger partial charge in [0.15, 0.2) is 0 Å². The maximum atomic E-state index is 5.73. The van der Waals surface area contributed by atoms with Crippen LogP contribution >= 0.6 is 0 Å². The molecule has 17 heavy (non-hydrogen) atoms. The zero-order chi connectivity index (χ0) is 11.7. The zero-order valence-corrected chi connectivity index (χ0v) is 10.1. The molecule has 1 aliphatic heterocycles. The van der Waals surface area contributed by atoms with Gasteiger partial charge in [-0.1, -0.05) is 0 Å². The minimum absolute atomic E-state index is 0.554. The van der Waals surface area contributed by atoms with Crippen LogP contribution in [0.15, 0.2) is 6.20 Å². The van der Waals surface area contributed by atoms with Crippen molar-refractivity contribution in [2.45, 2.75) is 38.1 Å². The number of nitrogens with two attached hydrogens (primary N) is 1. The molecule has 3 rings (SSSR count). The summed E-state index contributed by atoms with van der Waals surface area (Å²) < 4.78 is 5.39. The van der Waals surface area contributed by atoms with Crippen molar-refractivity contribution in [1.82, 2.24) is 9.97 Å². The van der Waals surface area contributed by atoms with Gasteiger partial charge in [0, 0.05) is 43.9 Å². The van der Waals surface area contributed by atoms with Crippen LogP contribution in [0.5, 0.6) is 0 Å². The van der Waals surface area contributed by atoms with E-state index in [9.17, 15) is 0 Å². The van der Waals surface area contributed by atoms with Crippen molar-refractivity contribution >= 4 is 0 Å². The molecule has 0 spiro atoms. The Kier molecular flexibility index (Phi) is 3.07. The number of rotatable bonds is 4. The highest BCUT2D eigenvalue weighted by Crippen LogP contribution is 2.40. The van der Waals surface area contributed by atoms with Crippen LogP contribution in [0.2, 0.25) is 0 Å². The predicted molar refractivity (Wildman–Crippen MR) is 64.5 cm³/mol. The number of ether oxygens (including phenoxy) is 1. The van der Waals surface area contributed by atoms with Gasteiger partial charge in [-0.15, -0.1) is 0 Å². The van der Waals surface area contributed by atoms with Crippen molar-refractivity contribution < 1.29 is 4.74 Å². The van der Waals surface area contributed by atoms with Crippen molar-refractivity contribution in [3.63, 3.8) is 0 Å². The van der Waals surface area contributed by atoms with E-state index in [1.165, 1.54) is 18.5 Å². The van der Waals surface area contributed by atoms with Gasteiger partial charge in [0.2, 0.25) is 0 Å². The lowest BCUT2D eigenvalue weighted by Crippen LogP contribution is -2.11. The quantitative estimate of drug-likeness (QED) is 0.853. The van der Waals surface area contributed by atoms with Crippen molar-refractivity contribution in [3.05, 3.63) is 23.3 Å². The van der Waals surface area contributed by atoms with Crippen LogP contribution < -0.4 is 5.73 Å². The Morgan fingerprint density at radius 3 is 2.88 bits per heavy atom. The van der Waals surface area contributed by atoms with Gasteiger partial charge in [-0.2, -0.15) is 0 Å². The third-order valence-electron chi connectivity index (χ3n) is 3.63. The smallest absolute Gasteiger partial charge is 0.128 e. The predicted octanol–water partition coefficient (Wildman–Crippen LogP) is 1.39. The highest BCUT2D eigenvalue weighted by Gasteiger charge is 2.28. The van der Waals surface area contributed by atoms with Gasteiger partial charge >= 0.3 is 0 Å². The Balaban J connectivity index is 1.77. The lowest BCUT2D eigenvalue weighted by molar-refractivity contribution is 0.185. The van der Waals surface area contributed by atoms with E-state index in [4.69, 9.17) is 15.5 Å². The Morgan fingerprint density at radius 2 is 2.24 bits per heavy atom. The summed E-state index contributed by atoms with van der Waals surface area (Å²) in [7, 11) is 0. The van der Waals surface area contributed by atoms with Crippen LogP contribution in [0.1, 0.15) is 42.3 Å². The summed E-state index contributed by atoms with van der Waals surface area (Å²) in [6.45, 7) is 2.31. The van der Waals surface area contributed by atoms with Gasteiger partial charge in [-0.25, -0.2) is 9.97 Å².